The van der Waals surface area contributed by atoms with E-state index >= 15 is 0 Å². The first kappa shape index (κ1) is 13.4. The molecule has 0 saturated heterocycles. The molecule has 0 aliphatic rings. The zero-order chi connectivity index (χ0) is 12.6. The van der Waals surface area contributed by atoms with Crippen molar-refractivity contribution in [2.75, 3.05) is 18.6 Å². The van der Waals surface area contributed by atoms with Crippen LogP contribution in [-0.4, -0.2) is 28.2 Å². The summed E-state index contributed by atoms with van der Waals surface area (Å²) >= 11 is 1.93. The third-order valence-corrected chi connectivity index (χ3v) is 3.72. The lowest BCUT2D eigenvalue weighted by atomic mass is 10.2. The van der Waals surface area contributed by atoms with Crippen LogP contribution in [0.5, 0.6) is 0 Å². The number of nitrogens with zero attached hydrogens (tertiary/aromatic N) is 2. The highest BCUT2D eigenvalue weighted by Gasteiger charge is 2.01. The van der Waals surface area contributed by atoms with Gasteiger partial charge in [-0.3, -0.25) is 0 Å². The van der Waals surface area contributed by atoms with Gasteiger partial charge in [-0.25, -0.2) is 4.52 Å². The molecule has 0 saturated carbocycles. The minimum Gasteiger partial charge on any atom is -0.313 e. The summed E-state index contributed by atoms with van der Waals surface area (Å²) in [4.78, 5) is 0. The van der Waals surface area contributed by atoms with E-state index in [1.807, 2.05) is 34.7 Å². The van der Waals surface area contributed by atoms with Gasteiger partial charge in [0.15, 0.2) is 0 Å². The molecular formula is C14H21N3S. The molecule has 0 aliphatic heterocycles. The Bertz CT molecular complexity index is 467. The molecular weight excluding hydrogens is 242 g/mol. The topological polar surface area (TPSA) is 29.3 Å². The van der Waals surface area contributed by atoms with Crippen molar-refractivity contribution in [3.63, 3.8) is 0 Å². The number of pyridine rings is 1. The molecule has 2 rings (SSSR count). The molecule has 0 radical (unpaired) electrons. The number of nitrogens with one attached hydrogen (secondary N) is 1. The van der Waals surface area contributed by atoms with Gasteiger partial charge >= 0.3 is 0 Å². The van der Waals surface area contributed by atoms with Crippen LogP contribution in [0.3, 0.4) is 0 Å². The van der Waals surface area contributed by atoms with Gasteiger partial charge < -0.3 is 5.32 Å². The smallest absolute Gasteiger partial charge is 0.0706 e. The maximum atomic E-state index is 4.33. The standard InChI is InChI=1S/C14H21N3S/c1-18-10-6-2-4-8-15-11-13-12-16-17-9-5-3-7-14(13)17/h3,5,7,9,12,15H,2,4,6,8,10-11H2,1H3. The normalized spacial score (nSPS) is 11.2. The average Bonchev–Trinajstić information content (AvgIpc) is 2.81. The number of aromatic nitrogens is 2. The fourth-order valence-electron chi connectivity index (χ4n) is 2.02. The summed E-state index contributed by atoms with van der Waals surface area (Å²) in [6.07, 6.45) is 10.0. The Balaban J connectivity index is 1.70. The zero-order valence-electron chi connectivity index (χ0n) is 10.9. The van der Waals surface area contributed by atoms with Crippen molar-refractivity contribution < 1.29 is 0 Å². The summed E-state index contributed by atoms with van der Waals surface area (Å²) in [7, 11) is 0. The van der Waals surface area contributed by atoms with Gasteiger partial charge in [0.25, 0.3) is 0 Å². The van der Waals surface area contributed by atoms with Gasteiger partial charge in [-0.15, -0.1) is 0 Å². The molecule has 4 heteroatoms. The number of thioether (sulfide) groups is 1. The lowest BCUT2D eigenvalue weighted by Crippen LogP contribution is -2.14. The van der Waals surface area contributed by atoms with Crippen molar-refractivity contribution in [3.8, 4) is 0 Å². The molecule has 0 amide bonds. The van der Waals surface area contributed by atoms with E-state index in [4.69, 9.17) is 0 Å². The van der Waals surface area contributed by atoms with E-state index < -0.39 is 0 Å². The Morgan fingerprint density at radius 1 is 1.28 bits per heavy atom. The highest BCUT2D eigenvalue weighted by Crippen LogP contribution is 2.09. The number of fused-ring (bicyclic) bond motifs is 1. The molecule has 0 aromatic carbocycles. The molecule has 3 nitrogen and oxygen atoms in total. The molecule has 18 heavy (non-hydrogen) atoms. The Morgan fingerprint density at radius 3 is 3.11 bits per heavy atom. The first-order chi connectivity index (χ1) is 8.92. The SMILES string of the molecule is CSCCCCCNCc1cnn2ccccc12. The number of rotatable bonds is 8. The first-order valence-corrected chi connectivity index (χ1v) is 7.92. The minimum absolute atomic E-state index is 0.913. The molecule has 0 atom stereocenters. The zero-order valence-corrected chi connectivity index (χ0v) is 11.7. The molecule has 2 aromatic rings. The van der Waals surface area contributed by atoms with Crippen molar-refractivity contribution in [1.29, 1.82) is 0 Å². The van der Waals surface area contributed by atoms with E-state index in [2.05, 4.69) is 28.8 Å². The van der Waals surface area contributed by atoms with E-state index in [1.54, 1.807) is 0 Å². The van der Waals surface area contributed by atoms with Crippen LogP contribution in [0, 0.1) is 0 Å². The van der Waals surface area contributed by atoms with Gasteiger partial charge in [0.1, 0.15) is 0 Å². The molecule has 0 spiro atoms. The highest BCUT2D eigenvalue weighted by atomic mass is 32.2. The lowest BCUT2D eigenvalue weighted by Gasteiger charge is -2.03. The van der Waals surface area contributed by atoms with E-state index in [9.17, 15) is 0 Å². The summed E-state index contributed by atoms with van der Waals surface area (Å²) in [5.41, 5.74) is 2.48. The van der Waals surface area contributed by atoms with E-state index in [0.717, 1.165) is 13.1 Å². The molecule has 0 aliphatic carbocycles. The summed E-state index contributed by atoms with van der Waals surface area (Å²) in [5, 5.41) is 7.83. The third-order valence-electron chi connectivity index (χ3n) is 3.02. The Kier molecular flexibility index (Phi) is 5.55. The fraction of sp³-hybridized carbons (Fsp3) is 0.500. The summed E-state index contributed by atoms with van der Waals surface area (Å²) < 4.78 is 1.93. The van der Waals surface area contributed by atoms with Crippen molar-refractivity contribution >= 4 is 17.3 Å². The molecule has 0 fully saturated rings. The second kappa shape index (κ2) is 7.44. The molecule has 0 bridgehead atoms. The van der Waals surface area contributed by atoms with Gasteiger partial charge in [-0.05, 0) is 43.5 Å². The van der Waals surface area contributed by atoms with Crippen LogP contribution in [0.15, 0.2) is 30.6 Å². The maximum Gasteiger partial charge on any atom is 0.0706 e. The quantitative estimate of drug-likeness (QED) is 0.743. The van der Waals surface area contributed by atoms with Crippen molar-refractivity contribution in [2.24, 2.45) is 0 Å². The third kappa shape index (κ3) is 3.75. The lowest BCUT2D eigenvalue weighted by molar-refractivity contribution is 0.620. The van der Waals surface area contributed by atoms with E-state index in [-0.39, 0.29) is 0 Å². The highest BCUT2D eigenvalue weighted by molar-refractivity contribution is 7.98. The van der Waals surface area contributed by atoms with Crippen LogP contribution in [0.2, 0.25) is 0 Å². The van der Waals surface area contributed by atoms with Gasteiger partial charge in [0, 0.05) is 18.3 Å². The Morgan fingerprint density at radius 2 is 2.22 bits per heavy atom. The maximum absolute atomic E-state index is 4.33. The van der Waals surface area contributed by atoms with Gasteiger partial charge in [-0.1, -0.05) is 12.5 Å². The van der Waals surface area contributed by atoms with E-state index in [0.29, 0.717) is 0 Å². The second-order valence-electron chi connectivity index (χ2n) is 4.43. The molecule has 0 unspecified atom stereocenters. The number of unbranched alkanes of at least 4 members (excludes halogenated alkanes) is 2. The summed E-state index contributed by atoms with van der Waals surface area (Å²) in [6.45, 7) is 2.01. The minimum atomic E-state index is 0.913. The molecule has 1 N–H and O–H groups in total. The number of hydrogen-bond acceptors (Lipinski definition) is 3. The molecule has 98 valence electrons. The second-order valence-corrected chi connectivity index (χ2v) is 5.42. The van der Waals surface area contributed by atoms with Gasteiger partial charge in [0.2, 0.25) is 0 Å². The van der Waals surface area contributed by atoms with Gasteiger partial charge in [0.05, 0.1) is 11.7 Å². The van der Waals surface area contributed by atoms with Gasteiger partial charge in [-0.2, -0.15) is 16.9 Å². The largest absolute Gasteiger partial charge is 0.313 e. The van der Waals surface area contributed by atoms with Crippen molar-refractivity contribution in [1.82, 2.24) is 14.9 Å². The fourth-order valence-corrected chi connectivity index (χ4v) is 2.51. The predicted octanol–water partition coefficient (Wildman–Crippen LogP) is 2.96. The summed E-state index contributed by atoms with van der Waals surface area (Å²) in [6, 6.07) is 6.17. The Labute approximate surface area is 113 Å². The number of hydrogen-bond donors (Lipinski definition) is 1. The van der Waals surface area contributed by atoms with Crippen LogP contribution in [-0.2, 0) is 6.54 Å². The van der Waals surface area contributed by atoms with Crippen LogP contribution in [0.4, 0.5) is 0 Å². The average molecular weight is 263 g/mol. The van der Waals surface area contributed by atoms with Crippen LogP contribution in [0.1, 0.15) is 24.8 Å². The van der Waals surface area contributed by atoms with Crippen molar-refractivity contribution in [2.45, 2.75) is 25.8 Å². The first-order valence-electron chi connectivity index (χ1n) is 6.52. The summed E-state index contributed by atoms with van der Waals surface area (Å²) in [5.74, 6) is 1.29. The predicted molar refractivity (Wildman–Crippen MR) is 79.1 cm³/mol. The van der Waals surface area contributed by atoms with Crippen molar-refractivity contribution in [3.05, 3.63) is 36.2 Å². The molecule has 2 aromatic heterocycles. The van der Waals surface area contributed by atoms with Crippen LogP contribution in [0.25, 0.3) is 5.52 Å². The molecule has 2 heterocycles. The Hall–Kier alpha value is -1.00. The van der Waals surface area contributed by atoms with Crippen LogP contribution < -0.4 is 5.32 Å². The van der Waals surface area contributed by atoms with E-state index in [1.165, 1.54) is 36.1 Å². The van der Waals surface area contributed by atoms with Crippen LogP contribution >= 0.6 is 11.8 Å². The monoisotopic (exact) mass is 263 g/mol.